The number of aryl methyl sites for hydroxylation is 1. The molecule has 0 radical (unpaired) electrons. The lowest BCUT2D eigenvalue weighted by atomic mass is 10.1. The Hall–Kier alpha value is -2.43. The second kappa shape index (κ2) is 4.84. The summed E-state index contributed by atoms with van der Waals surface area (Å²) in [5.41, 5.74) is 8.81. The van der Waals surface area contributed by atoms with Gasteiger partial charge < -0.3 is 10.3 Å². The molecule has 0 saturated heterocycles. The summed E-state index contributed by atoms with van der Waals surface area (Å²) in [4.78, 5) is 12.6. The van der Waals surface area contributed by atoms with Crippen molar-refractivity contribution in [3.8, 4) is 0 Å². The number of rotatable bonds is 4. The average Bonchev–Trinajstić information content (AvgIpc) is 3.18. The number of hydrogen-bond acceptors (Lipinski definition) is 4. The van der Waals surface area contributed by atoms with Crippen LogP contribution in [-0.2, 0) is 6.54 Å². The maximum absolute atomic E-state index is 5.81. The van der Waals surface area contributed by atoms with Crippen LogP contribution in [0.2, 0.25) is 0 Å². The fraction of sp³-hybridized carbons (Fsp3) is 0.312. The Kier molecular flexibility index (Phi) is 2.84. The Morgan fingerprint density at radius 2 is 2.00 bits per heavy atom. The summed E-state index contributed by atoms with van der Waals surface area (Å²) >= 11 is 0. The molecule has 0 amide bonds. The highest BCUT2D eigenvalue weighted by Gasteiger charge is 2.37. The van der Waals surface area contributed by atoms with Gasteiger partial charge in [-0.15, -0.1) is 0 Å². The molecular weight excluding hydrogens is 262 g/mol. The van der Waals surface area contributed by atoms with Gasteiger partial charge in [-0.05, 0) is 30.2 Å². The SMILES string of the molecule is Nc1ncnc2c1ncn2CC[C@@H]1C[C@@H]1c1ccccc1. The van der Waals surface area contributed by atoms with Crippen molar-refractivity contribution in [3.63, 3.8) is 0 Å². The average molecular weight is 279 g/mol. The lowest BCUT2D eigenvalue weighted by Crippen LogP contribution is -2.00. The van der Waals surface area contributed by atoms with E-state index in [0.29, 0.717) is 11.3 Å². The first-order chi connectivity index (χ1) is 10.3. The van der Waals surface area contributed by atoms with Crippen LogP contribution in [0.15, 0.2) is 43.0 Å². The molecule has 0 aliphatic heterocycles. The summed E-state index contributed by atoms with van der Waals surface area (Å²) in [6.45, 7) is 0.932. The number of anilines is 1. The fourth-order valence-corrected chi connectivity index (χ4v) is 3.04. The van der Waals surface area contributed by atoms with Crippen LogP contribution in [-0.4, -0.2) is 19.5 Å². The molecule has 21 heavy (non-hydrogen) atoms. The number of aromatic nitrogens is 4. The van der Waals surface area contributed by atoms with Gasteiger partial charge in [0.05, 0.1) is 6.33 Å². The molecule has 5 nitrogen and oxygen atoms in total. The van der Waals surface area contributed by atoms with E-state index in [4.69, 9.17) is 5.73 Å². The van der Waals surface area contributed by atoms with Crippen molar-refractivity contribution < 1.29 is 0 Å². The minimum Gasteiger partial charge on any atom is -0.382 e. The highest BCUT2D eigenvalue weighted by molar-refractivity contribution is 5.81. The number of imidazole rings is 1. The van der Waals surface area contributed by atoms with Gasteiger partial charge in [0.25, 0.3) is 0 Å². The molecular formula is C16H17N5. The number of benzene rings is 1. The van der Waals surface area contributed by atoms with Gasteiger partial charge in [-0.1, -0.05) is 30.3 Å². The molecule has 0 unspecified atom stereocenters. The summed E-state index contributed by atoms with van der Waals surface area (Å²) in [5.74, 6) is 1.94. The molecule has 0 bridgehead atoms. The van der Waals surface area contributed by atoms with Crippen molar-refractivity contribution in [2.75, 3.05) is 5.73 Å². The predicted octanol–water partition coefficient (Wildman–Crippen LogP) is 2.60. The van der Waals surface area contributed by atoms with E-state index in [-0.39, 0.29) is 0 Å². The molecule has 4 rings (SSSR count). The van der Waals surface area contributed by atoms with E-state index in [2.05, 4.69) is 49.9 Å². The van der Waals surface area contributed by atoms with Crippen molar-refractivity contribution in [1.82, 2.24) is 19.5 Å². The van der Waals surface area contributed by atoms with Gasteiger partial charge in [0.2, 0.25) is 0 Å². The third kappa shape index (κ3) is 2.24. The monoisotopic (exact) mass is 279 g/mol. The molecule has 1 aromatic carbocycles. The Labute approximate surface area is 122 Å². The van der Waals surface area contributed by atoms with Gasteiger partial charge in [-0.2, -0.15) is 0 Å². The molecule has 3 aromatic rings. The highest BCUT2D eigenvalue weighted by Crippen LogP contribution is 2.49. The first-order valence-electron chi connectivity index (χ1n) is 7.29. The summed E-state index contributed by atoms with van der Waals surface area (Å²) in [6, 6.07) is 10.8. The third-order valence-corrected chi connectivity index (χ3v) is 4.32. The third-order valence-electron chi connectivity index (χ3n) is 4.32. The van der Waals surface area contributed by atoms with Crippen LogP contribution in [0.5, 0.6) is 0 Å². The first-order valence-corrected chi connectivity index (χ1v) is 7.29. The zero-order valence-electron chi connectivity index (χ0n) is 11.7. The van der Waals surface area contributed by atoms with Crippen LogP contribution in [0.25, 0.3) is 11.2 Å². The van der Waals surface area contributed by atoms with E-state index >= 15 is 0 Å². The van der Waals surface area contributed by atoms with Crippen LogP contribution >= 0.6 is 0 Å². The number of nitrogens with zero attached hydrogens (tertiary/aromatic N) is 4. The van der Waals surface area contributed by atoms with Gasteiger partial charge in [-0.3, -0.25) is 0 Å². The molecule has 106 valence electrons. The summed E-state index contributed by atoms with van der Waals surface area (Å²) in [5, 5.41) is 0. The standard InChI is InChI=1S/C16H17N5/c17-15-14-16(19-9-18-15)21(10-20-14)7-6-12-8-13(12)11-4-2-1-3-5-11/h1-5,9-10,12-13H,6-8H2,(H2,17,18,19)/t12-,13-/m1/s1. The molecule has 2 heterocycles. The van der Waals surface area contributed by atoms with Gasteiger partial charge in [0, 0.05) is 6.54 Å². The molecule has 0 spiro atoms. The van der Waals surface area contributed by atoms with Crippen LogP contribution in [0.1, 0.15) is 24.3 Å². The van der Waals surface area contributed by atoms with E-state index in [9.17, 15) is 0 Å². The van der Waals surface area contributed by atoms with Crippen molar-refractivity contribution in [2.24, 2.45) is 5.92 Å². The van der Waals surface area contributed by atoms with Crippen LogP contribution < -0.4 is 5.73 Å². The minimum atomic E-state index is 0.451. The van der Waals surface area contributed by atoms with Crippen molar-refractivity contribution >= 4 is 17.0 Å². The topological polar surface area (TPSA) is 69.6 Å². The van der Waals surface area contributed by atoms with E-state index in [0.717, 1.165) is 30.4 Å². The van der Waals surface area contributed by atoms with Gasteiger partial charge >= 0.3 is 0 Å². The molecule has 5 heteroatoms. The van der Waals surface area contributed by atoms with Gasteiger partial charge in [-0.25, -0.2) is 15.0 Å². The number of nitrogen functional groups attached to an aromatic ring is 1. The van der Waals surface area contributed by atoms with Crippen LogP contribution in [0, 0.1) is 5.92 Å². The number of fused-ring (bicyclic) bond motifs is 1. The predicted molar refractivity (Wildman–Crippen MR) is 81.6 cm³/mol. The van der Waals surface area contributed by atoms with Crippen LogP contribution in [0.4, 0.5) is 5.82 Å². The van der Waals surface area contributed by atoms with Gasteiger partial charge in [0.1, 0.15) is 11.8 Å². The molecule has 2 N–H and O–H groups in total. The molecule has 1 fully saturated rings. The maximum Gasteiger partial charge on any atom is 0.165 e. The fourth-order valence-electron chi connectivity index (χ4n) is 3.04. The number of nitrogens with two attached hydrogens (primary N) is 1. The minimum absolute atomic E-state index is 0.451. The zero-order valence-corrected chi connectivity index (χ0v) is 11.7. The smallest absolute Gasteiger partial charge is 0.165 e. The normalized spacial score (nSPS) is 20.8. The lowest BCUT2D eigenvalue weighted by molar-refractivity contribution is 0.594. The largest absolute Gasteiger partial charge is 0.382 e. The number of hydrogen-bond donors (Lipinski definition) is 1. The highest BCUT2D eigenvalue weighted by atomic mass is 15.1. The van der Waals surface area contributed by atoms with E-state index < -0.39 is 0 Å². The maximum atomic E-state index is 5.81. The molecule has 2 atom stereocenters. The van der Waals surface area contributed by atoms with Crippen molar-refractivity contribution in [2.45, 2.75) is 25.3 Å². The quantitative estimate of drug-likeness (QED) is 0.797. The molecule has 1 aliphatic carbocycles. The Balaban J connectivity index is 1.45. The van der Waals surface area contributed by atoms with Crippen LogP contribution in [0.3, 0.4) is 0 Å². The van der Waals surface area contributed by atoms with E-state index in [1.807, 2.05) is 6.33 Å². The zero-order chi connectivity index (χ0) is 14.2. The summed E-state index contributed by atoms with van der Waals surface area (Å²) in [6.07, 6.45) is 5.75. The van der Waals surface area contributed by atoms with Crippen molar-refractivity contribution in [3.05, 3.63) is 48.5 Å². The van der Waals surface area contributed by atoms with E-state index in [1.54, 1.807) is 0 Å². The van der Waals surface area contributed by atoms with E-state index in [1.165, 1.54) is 18.3 Å². The van der Waals surface area contributed by atoms with Gasteiger partial charge in [0.15, 0.2) is 11.5 Å². The lowest BCUT2D eigenvalue weighted by Gasteiger charge is -2.04. The second-order valence-electron chi connectivity index (χ2n) is 5.67. The second-order valence-corrected chi connectivity index (χ2v) is 5.67. The summed E-state index contributed by atoms with van der Waals surface area (Å²) in [7, 11) is 0. The molecule has 2 aromatic heterocycles. The Morgan fingerprint density at radius 3 is 2.86 bits per heavy atom. The molecule has 1 saturated carbocycles. The summed E-state index contributed by atoms with van der Waals surface area (Å²) < 4.78 is 2.08. The first kappa shape index (κ1) is 12.3. The van der Waals surface area contributed by atoms with Crippen molar-refractivity contribution in [1.29, 1.82) is 0 Å². The Morgan fingerprint density at radius 1 is 1.14 bits per heavy atom. The Bertz CT molecular complexity index is 765. The molecule has 1 aliphatic rings.